The number of nitrogens with zero attached hydrogens (tertiary/aromatic N) is 3. The van der Waals surface area contributed by atoms with E-state index in [0.717, 1.165) is 13.1 Å². The number of aromatic amines is 1. The van der Waals surface area contributed by atoms with Crippen LogP contribution in [0.1, 0.15) is 0 Å². The first-order valence-corrected chi connectivity index (χ1v) is 6.37. The van der Waals surface area contributed by atoms with Crippen molar-refractivity contribution in [3.8, 4) is 17.1 Å². The van der Waals surface area contributed by atoms with E-state index in [4.69, 9.17) is 9.47 Å². The molecule has 1 fully saturated rings. The monoisotopic (exact) mass is 278 g/mol. The third-order valence-electron chi connectivity index (χ3n) is 3.18. The number of H-pyrrole nitrogens is 1. The molecule has 0 unspecified atom stereocenters. The van der Waals surface area contributed by atoms with E-state index in [2.05, 4.69) is 15.2 Å². The summed E-state index contributed by atoms with van der Waals surface area (Å²) in [5.41, 5.74) is 0.555. The number of rotatable bonds is 3. The van der Waals surface area contributed by atoms with Crippen LogP contribution in [0.15, 0.2) is 18.2 Å². The van der Waals surface area contributed by atoms with E-state index in [1.165, 1.54) is 19.2 Å². The van der Waals surface area contributed by atoms with Crippen molar-refractivity contribution in [2.45, 2.75) is 0 Å². The first-order valence-electron chi connectivity index (χ1n) is 6.37. The van der Waals surface area contributed by atoms with E-state index in [9.17, 15) is 4.39 Å². The lowest BCUT2D eigenvalue weighted by atomic mass is 10.2. The molecule has 0 amide bonds. The third-order valence-corrected chi connectivity index (χ3v) is 3.18. The summed E-state index contributed by atoms with van der Waals surface area (Å²) in [5.74, 6) is 1.29. The average molecular weight is 278 g/mol. The number of benzene rings is 1. The lowest BCUT2D eigenvalue weighted by Crippen LogP contribution is -2.36. The highest BCUT2D eigenvalue weighted by atomic mass is 19.1. The summed E-state index contributed by atoms with van der Waals surface area (Å²) in [6, 6.07) is 4.30. The number of ether oxygens (including phenoxy) is 2. The Balaban J connectivity index is 1.91. The van der Waals surface area contributed by atoms with Gasteiger partial charge in [0.05, 0.1) is 25.9 Å². The van der Waals surface area contributed by atoms with Crippen molar-refractivity contribution in [1.29, 1.82) is 0 Å². The van der Waals surface area contributed by atoms with Crippen LogP contribution >= 0.6 is 0 Å². The molecule has 6 nitrogen and oxygen atoms in total. The molecule has 0 radical (unpaired) electrons. The van der Waals surface area contributed by atoms with Crippen molar-refractivity contribution in [2.24, 2.45) is 0 Å². The molecule has 0 aliphatic carbocycles. The number of hydrogen-bond donors (Lipinski definition) is 1. The summed E-state index contributed by atoms with van der Waals surface area (Å²) < 4.78 is 23.9. The van der Waals surface area contributed by atoms with Crippen molar-refractivity contribution in [3.63, 3.8) is 0 Å². The summed E-state index contributed by atoms with van der Waals surface area (Å²) in [4.78, 5) is 6.43. The van der Waals surface area contributed by atoms with Gasteiger partial charge in [0.2, 0.25) is 5.95 Å². The van der Waals surface area contributed by atoms with Gasteiger partial charge in [-0.15, -0.1) is 5.10 Å². The average Bonchev–Trinajstić information content (AvgIpc) is 2.98. The Morgan fingerprint density at radius 3 is 2.90 bits per heavy atom. The minimum atomic E-state index is -0.342. The number of halogens is 1. The highest BCUT2D eigenvalue weighted by molar-refractivity contribution is 5.65. The predicted octanol–water partition coefficient (Wildman–Crippen LogP) is 1.46. The van der Waals surface area contributed by atoms with E-state index in [-0.39, 0.29) is 5.82 Å². The Labute approximate surface area is 115 Å². The molecule has 1 N–H and O–H groups in total. The molecular weight excluding hydrogens is 263 g/mol. The van der Waals surface area contributed by atoms with Gasteiger partial charge in [0.15, 0.2) is 5.82 Å². The maximum Gasteiger partial charge on any atom is 0.245 e. The van der Waals surface area contributed by atoms with Gasteiger partial charge in [-0.25, -0.2) is 4.39 Å². The van der Waals surface area contributed by atoms with Gasteiger partial charge in [-0.2, -0.15) is 4.98 Å². The normalized spacial score (nSPS) is 15.4. The van der Waals surface area contributed by atoms with Gasteiger partial charge in [-0.1, -0.05) is 0 Å². The summed E-state index contributed by atoms with van der Waals surface area (Å²) in [5, 5.41) is 7.01. The number of anilines is 1. The van der Waals surface area contributed by atoms with Crippen molar-refractivity contribution >= 4 is 5.95 Å². The number of methoxy groups -OCH3 is 1. The van der Waals surface area contributed by atoms with Crippen LogP contribution in [0, 0.1) is 5.82 Å². The van der Waals surface area contributed by atoms with Crippen LogP contribution < -0.4 is 9.64 Å². The second-order valence-electron chi connectivity index (χ2n) is 4.43. The lowest BCUT2D eigenvalue weighted by Gasteiger charge is -2.25. The van der Waals surface area contributed by atoms with Crippen molar-refractivity contribution < 1.29 is 13.9 Å². The van der Waals surface area contributed by atoms with Gasteiger partial charge in [-0.05, 0) is 18.2 Å². The Kier molecular flexibility index (Phi) is 3.51. The van der Waals surface area contributed by atoms with Crippen LogP contribution in [-0.2, 0) is 4.74 Å². The summed E-state index contributed by atoms with van der Waals surface area (Å²) >= 11 is 0. The number of hydrogen-bond acceptors (Lipinski definition) is 5. The zero-order valence-corrected chi connectivity index (χ0v) is 11.1. The van der Waals surface area contributed by atoms with E-state index in [1.807, 2.05) is 4.90 Å². The fourth-order valence-electron chi connectivity index (χ4n) is 2.14. The molecule has 7 heteroatoms. The Morgan fingerprint density at radius 1 is 1.35 bits per heavy atom. The Morgan fingerprint density at radius 2 is 2.15 bits per heavy atom. The van der Waals surface area contributed by atoms with Crippen molar-refractivity contribution in [2.75, 3.05) is 38.3 Å². The van der Waals surface area contributed by atoms with E-state index < -0.39 is 0 Å². The number of aromatic nitrogens is 3. The van der Waals surface area contributed by atoms with Gasteiger partial charge in [0.1, 0.15) is 11.6 Å². The fourth-order valence-corrected chi connectivity index (χ4v) is 2.14. The minimum Gasteiger partial charge on any atom is -0.496 e. The summed E-state index contributed by atoms with van der Waals surface area (Å²) in [6.45, 7) is 2.81. The number of morpholine rings is 1. The molecule has 2 aromatic rings. The van der Waals surface area contributed by atoms with Crippen LogP contribution in [0.5, 0.6) is 5.75 Å². The Bertz CT molecular complexity index is 596. The van der Waals surface area contributed by atoms with Crippen LogP contribution in [0.4, 0.5) is 10.3 Å². The fraction of sp³-hybridized carbons (Fsp3) is 0.385. The van der Waals surface area contributed by atoms with Crippen LogP contribution in [0.3, 0.4) is 0 Å². The molecule has 3 rings (SSSR count). The molecule has 0 saturated carbocycles. The van der Waals surface area contributed by atoms with Gasteiger partial charge in [0.25, 0.3) is 0 Å². The molecule has 1 aromatic carbocycles. The first kappa shape index (κ1) is 12.9. The quantitative estimate of drug-likeness (QED) is 0.920. The standard InChI is InChI=1S/C13H15FN4O2/c1-19-11-3-2-9(14)8-10(11)12-15-13(17-16-12)18-4-6-20-7-5-18/h2-3,8H,4-7H2,1H3,(H,15,16,17). The highest BCUT2D eigenvalue weighted by Gasteiger charge is 2.18. The minimum absolute atomic E-state index is 0.342. The van der Waals surface area contributed by atoms with Gasteiger partial charge in [-0.3, -0.25) is 5.10 Å². The molecule has 1 aliphatic heterocycles. The van der Waals surface area contributed by atoms with Crippen molar-refractivity contribution in [3.05, 3.63) is 24.0 Å². The topological polar surface area (TPSA) is 63.3 Å². The molecule has 0 spiro atoms. The molecule has 1 aromatic heterocycles. The SMILES string of the molecule is COc1ccc(F)cc1-c1nc(N2CCOCC2)n[nH]1. The lowest BCUT2D eigenvalue weighted by molar-refractivity contribution is 0.122. The van der Waals surface area contributed by atoms with E-state index in [1.54, 1.807) is 6.07 Å². The largest absolute Gasteiger partial charge is 0.496 e. The molecular formula is C13H15FN4O2. The molecule has 1 aliphatic rings. The molecule has 2 heterocycles. The summed E-state index contributed by atoms with van der Waals surface area (Å²) in [7, 11) is 1.54. The second-order valence-corrected chi connectivity index (χ2v) is 4.43. The van der Waals surface area contributed by atoms with Crippen molar-refractivity contribution in [1.82, 2.24) is 15.2 Å². The maximum absolute atomic E-state index is 13.4. The zero-order chi connectivity index (χ0) is 13.9. The predicted molar refractivity (Wildman–Crippen MR) is 71.4 cm³/mol. The van der Waals surface area contributed by atoms with E-state index >= 15 is 0 Å². The molecule has 0 bridgehead atoms. The zero-order valence-electron chi connectivity index (χ0n) is 11.1. The van der Waals surface area contributed by atoms with Crippen LogP contribution in [0.2, 0.25) is 0 Å². The van der Waals surface area contributed by atoms with Crippen LogP contribution in [-0.4, -0.2) is 48.6 Å². The van der Waals surface area contributed by atoms with Gasteiger partial charge < -0.3 is 14.4 Å². The number of nitrogens with one attached hydrogen (secondary N) is 1. The molecule has 1 saturated heterocycles. The molecule has 20 heavy (non-hydrogen) atoms. The highest BCUT2D eigenvalue weighted by Crippen LogP contribution is 2.29. The Hall–Kier alpha value is -2.15. The summed E-state index contributed by atoms with van der Waals surface area (Å²) in [6.07, 6.45) is 0. The van der Waals surface area contributed by atoms with Gasteiger partial charge in [0, 0.05) is 13.1 Å². The van der Waals surface area contributed by atoms with E-state index in [0.29, 0.717) is 36.3 Å². The molecule has 106 valence electrons. The second kappa shape index (κ2) is 5.46. The first-order chi connectivity index (χ1) is 9.78. The molecule has 0 atom stereocenters. The maximum atomic E-state index is 13.4. The third kappa shape index (κ3) is 2.44. The van der Waals surface area contributed by atoms with Crippen LogP contribution in [0.25, 0.3) is 11.4 Å². The van der Waals surface area contributed by atoms with Gasteiger partial charge >= 0.3 is 0 Å². The smallest absolute Gasteiger partial charge is 0.245 e.